The Labute approximate surface area is 99.2 Å². The monoisotopic (exact) mass is 226 g/mol. The first-order valence-corrected chi connectivity index (χ1v) is 6.72. The van der Waals surface area contributed by atoms with Crippen LogP contribution in [0.5, 0.6) is 0 Å². The maximum atomic E-state index is 12.1. The van der Waals surface area contributed by atoms with Crippen LogP contribution in [-0.4, -0.2) is 17.5 Å². The van der Waals surface area contributed by atoms with Gasteiger partial charge >= 0.3 is 0 Å². The van der Waals surface area contributed by atoms with Crippen molar-refractivity contribution in [2.75, 3.05) is 0 Å². The molecule has 3 nitrogen and oxygen atoms in total. The van der Waals surface area contributed by atoms with Gasteiger partial charge < -0.3 is 11.1 Å². The molecule has 3 heteroatoms. The fourth-order valence-electron chi connectivity index (χ4n) is 2.32. The van der Waals surface area contributed by atoms with Crippen LogP contribution in [0.4, 0.5) is 0 Å². The van der Waals surface area contributed by atoms with Crippen molar-refractivity contribution >= 4 is 5.91 Å². The second-order valence-corrected chi connectivity index (χ2v) is 5.03. The highest BCUT2D eigenvalue weighted by Gasteiger charge is 2.31. The molecule has 0 aromatic carbocycles. The topological polar surface area (TPSA) is 55.1 Å². The molecule has 1 aliphatic rings. The molecule has 1 saturated carbocycles. The summed E-state index contributed by atoms with van der Waals surface area (Å²) in [4.78, 5) is 12.1. The molecule has 94 valence electrons. The van der Waals surface area contributed by atoms with Gasteiger partial charge in [-0.15, -0.1) is 0 Å². The van der Waals surface area contributed by atoms with Gasteiger partial charge in [0.05, 0.1) is 5.54 Å². The third kappa shape index (κ3) is 3.48. The van der Waals surface area contributed by atoms with E-state index in [1.807, 2.05) is 13.8 Å². The van der Waals surface area contributed by atoms with E-state index in [0.717, 1.165) is 12.8 Å². The van der Waals surface area contributed by atoms with E-state index in [2.05, 4.69) is 5.32 Å². The Morgan fingerprint density at radius 3 is 2.12 bits per heavy atom. The second-order valence-electron chi connectivity index (χ2n) is 5.03. The van der Waals surface area contributed by atoms with Gasteiger partial charge in [0, 0.05) is 6.04 Å². The maximum absolute atomic E-state index is 12.1. The Morgan fingerprint density at radius 1 is 1.19 bits per heavy atom. The zero-order valence-corrected chi connectivity index (χ0v) is 10.7. The Bertz CT molecular complexity index is 216. The summed E-state index contributed by atoms with van der Waals surface area (Å²) >= 11 is 0. The number of hydrogen-bond acceptors (Lipinski definition) is 2. The summed E-state index contributed by atoms with van der Waals surface area (Å²) in [6, 6.07) is 0.357. The molecule has 0 spiro atoms. The molecule has 1 amide bonds. The van der Waals surface area contributed by atoms with Crippen molar-refractivity contribution in [3.8, 4) is 0 Å². The van der Waals surface area contributed by atoms with Gasteiger partial charge in [-0.2, -0.15) is 0 Å². The minimum Gasteiger partial charge on any atom is -0.352 e. The Hall–Kier alpha value is -0.570. The van der Waals surface area contributed by atoms with Gasteiger partial charge in [-0.1, -0.05) is 39.5 Å². The lowest BCUT2D eigenvalue weighted by Gasteiger charge is -2.28. The summed E-state index contributed by atoms with van der Waals surface area (Å²) in [5.41, 5.74) is 5.42. The number of rotatable bonds is 4. The lowest BCUT2D eigenvalue weighted by molar-refractivity contribution is -0.127. The first-order chi connectivity index (χ1) is 7.62. The van der Waals surface area contributed by atoms with E-state index in [9.17, 15) is 4.79 Å². The van der Waals surface area contributed by atoms with Gasteiger partial charge in [-0.05, 0) is 25.7 Å². The van der Waals surface area contributed by atoms with Crippen LogP contribution in [0.1, 0.15) is 65.2 Å². The fraction of sp³-hybridized carbons (Fsp3) is 0.923. The zero-order valence-electron chi connectivity index (χ0n) is 10.7. The van der Waals surface area contributed by atoms with Crippen molar-refractivity contribution in [3.63, 3.8) is 0 Å². The first-order valence-electron chi connectivity index (χ1n) is 6.72. The number of amides is 1. The lowest BCUT2D eigenvalue weighted by atomic mass is 9.92. The van der Waals surface area contributed by atoms with E-state index in [-0.39, 0.29) is 5.91 Å². The van der Waals surface area contributed by atoms with Crippen molar-refractivity contribution in [2.24, 2.45) is 5.73 Å². The predicted octanol–water partition coefficient (Wildman–Crippen LogP) is 2.34. The SMILES string of the molecule is CCC(N)(CC)C(=O)NC1CCCCCC1. The summed E-state index contributed by atoms with van der Waals surface area (Å²) in [5, 5.41) is 3.14. The Balaban J connectivity index is 2.48. The molecule has 1 rings (SSSR count). The third-order valence-corrected chi connectivity index (χ3v) is 3.90. The molecule has 3 N–H and O–H groups in total. The summed E-state index contributed by atoms with van der Waals surface area (Å²) < 4.78 is 0. The van der Waals surface area contributed by atoms with Gasteiger partial charge in [0.15, 0.2) is 0 Å². The van der Waals surface area contributed by atoms with Gasteiger partial charge in [0.2, 0.25) is 5.91 Å². The molecule has 0 aromatic heterocycles. The number of hydrogen-bond donors (Lipinski definition) is 2. The third-order valence-electron chi connectivity index (χ3n) is 3.90. The molecule has 0 aromatic rings. The highest BCUT2D eigenvalue weighted by molar-refractivity contribution is 5.86. The minimum atomic E-state index is -0.660. The molecular weight excluding hydrogens is 200 g/mol. The van der Waals surface area contributed by atoms with E-state index in [1.165, 1.54) is 25.7 Å². The quantitative estimate of drug-likeness (QED) is 0.723. The van der Waals surface area contributed by atoms with Crippen LogP contribution in [0, 0.1) is 0 Å². The first kappa shape index (κ1) is 13.5. The molecule has 0 aliphatic heterocycles. The van der Waals surface area contributed by atoms with Crippen LogP contribution < -0.4 is 11.1 Å². The minimum absolute atomic E-state index is 0.0457. The van der Waals surface area contributed by atoms with Gasteiger partial charge in [0.1, 0.15) is 0 Å². The van der Waals surface area contributed by atoms with Gasteiger partial charge in [-0.25, -0.2) is 0 Å². The summed E-state index contributed by atoms with van der Waals surface area (Å²) in [5.74, 6) is 0.0457. The lowest BCUT2D eigenvalue weighted by Crippen LogP contribution is -2.55. The normalized spacial score (nSPS) is 19.2. The van der Waals surface area contributed by atoms with Crippen LogP contribution in [0.3, 0.4) is 0 Å². The summed E-state index contributed by atoms with van der Waals surface area (Å²) in [6.45, 7) is 3.96. The molecule has 0 unspecified atom stereocenters. The maximum Gasteiger partial charge on any atom is 0.240 e. The average molecular weight is 226 g/mol. The molecular formula is C13H26N2O. The molecule has 0 heterocycles. The molecule has 0 atom stereocenters. The summed E-state index contributed by atoms with van der Waals surface area (Å²) in [6.07, 6.45) is 8.75. The summed E-state index contributed by atoms with van der Waals surface area (Å²) in [7, 11) is 0. The van der Waals surface area contributed by atoms with Gasteiger partial charge in [-0.3, -0.25) is 4.79 Å². The molecule has 0 radical (unpaired) electrons. The highest BCUT2D eigenvalue weighted by Crippen LogP contribution is 2.19. The highest BCUT2D eigenvalue weighted by atomic mass is 16.2. The van der Waals surface area contributed by atoms with Crippen molar-refractivity contribution in [2.45, 2.75) is 76.8 Å². The smallest absolute Gasteiger partial charge is 0.240 e. The Kier molecular flexibility index (Phi) is 5.26. The number of nitrogens with one attached hydrogen (secondary N) is 1. The van der Waals surface area contributed by atoms with Crippen LogP contribution in [-0.2, 0) is 4.79 Å². The van der Waals surface area contributed by atoms with E-state index in [0.29, 0.717) is 18.9 Å². The predicted molar refractivity (Wildman–Crippen MR) is 67.1 cm³/mol. The molecule has 1 fully saturated rings. The van der Waals surface area contributed by atoms with E-state index in [4.69, 9.17) is 5.73 Å². The number of carbonyl (C=O) groups excluding carboxylic acids is 1. The molecule has 1 aliphatic carbocycles. The molecule has 0 saturated heterocycles. The van der Waals surface area contributed by atoms with Crippen molar-refractivity contribution in [1.82, 2.24) is 5.32 Å². The number of nitrogens with two attached hydrogens (primary N) is 1. The van der Waals surface area contributed by atoms with Crippen molar-refractivity contribution in [1.29, 1.82) is 0 Å². The van der Waals surface area contributed by atoms with Crippen LogP contribution in [0.2, 0.25) is 0 Å². The largest absolute Gasteiger partial charge is 0.352 e. The average Bonchev–Trinajstić information content (AvgIpc) is 2.56. The van der Waals surface area contributed by atoms with E-state index < -0.39 is 5.54 Å². The molecule has 0 bridgehead atoms. The second kappa shape index (κ2) is 6.24. The van der Waals surface area contributed by atoms with E-state index in [1.54, 1.807) is 0 Å². The van der Waals surface area contributed by atoms with E-state index >= 15 is 0 Å². The molecule has 16 heavy (non-hydrogen) atoms. The zero-order chi connectivity index (χ0) is 12.0. The van der Waals surface area contributed by atoms with Crippen molar-refractivity contribution < 1.29 is 4.79 Å². The van der Waals surface area contributed by atoms with Crippen LogP contribution in [0.15, 0.2) is 0 Å². The standard InChI is InChI=1S/C13H26N2O/c1-3-13(14,4-2)12(16)15-11-9-7-5-6-8-10-11/h11H,3-10,14H2,1-2H3,(H,15,16). The van der Waals surface area contributed by atoms with Crippen molar-refractivity contribution in [3.05, 3.63) is 0 Å². The van der Waals surface area contributed by atoms with Gasteiger partial charge in [0.25, 0.3) is 0 Å². The van der Waals surface area contributed by atoms with Crippen LogP contribution >= 0.6 is 0 Å². The number of carbonyl (C=O) groups is 1. The van der Waals surface area contributed by atoms with Crippen LogP contribution in [0.25, 0.3) is 0 Å². The fourth-order valence-corrected chi connectivity index (χ4v) is 2.32. The Morgan fingerprint density at radius 2 is 1.69 bits per heavy atom.